The van der Waals surface area contributed by atoms with Crippen molar-refractivity contribution in [3.8, 4) is 0 Å². The summed E-state index contributed by atoms with van der Waals surface area (Å²) in [6.07, 6.45) is 8.10. The molecule has 2 atom stereocenters. The van der Waals surface area contributed by atoms with Gasteiger partial charge in [0.25, 0.3) is 0 Å². The number of allylic oxidation sites excluding steroid dienone is 2. The molecule has 2 unspecified atom stereocenters. The standard InChI is InChI=1S/C11H20/c1-9(2)7-8-11-6-4-5-10(11)3/h7,10-11H,4-6,8H2,1-3H3. The lowest BCUT2D eigenvalue weighted by Gasteiger charge is -2.12. The third-order valence-corrected chi connectivity index (χ3v) is 2.87. The van der Waals surface area contributed by atoms with Crippen LogP contribution >= 0.6 is 0 Å². The molecule has 0 bridgehead atoms. The van der Waals surface area contributed by atoms with Gasteiger partial charge < -0.3 is 0 Å². The summed E-state index contributed by atoms with van der Waals surface area (Å²) in [6, 6.07) is 0. The van der Waals surface area contributed by atoms with Gasteiger partial charge in [-0.2, -0.15) is 0 Å². The predicted octanol–water partition coefficient (Wildman–Crippen LogP) is 3.78. The Balaban J connectivity index is 2.31. The van der Waals surface area contributed by atoms with Crippen LogP contribution in [0.4, 0.5) is 0 Å². The Hall–Kier alpha value is -0.260. The fourth-order valence-electron chi connectivity index (χ4n) is 1.96. The first kappa shape index (κ1) is 8.83. The molecule has 0 aromatic carbocycles. The first-order valence-corrected chi connectivity index (χ1v) is 4.83. The van der Waals surface area contributed by atoms with Gasteiger partial charge in [-0.3, -0.25) is 0 Å². The molecule has 0 spiro atoms. The van der Waals surface area contributed by atoms with Crippen molar-refractivity contribution in [3.05, 3.63) is 11.6 Å². The van der Waals surface area contributed by atoms with E-state index in [0.717, 1.165) is 11.8 Å². The van der Waals surface area contributed by atoms with E-state index in [4.69, 9.17) is 0 Å². The Morgan fingerprint density at radius 3 is 2.55 bits per heavy atom. The maximum absolute atomic E-state index is 2.40. The van der Waals surface area contributed by atoms with Crippen molar-refractivity contribution in [1.82, 2.24) is 0 Å². The molecule has 0 heterocycles. The molecule has 0 aromatic heterocycles. The average Bonchev–Trinajstić information content (AvgIpc) is 2.31. The van der Waals surface area contributed by atoms with Gasteiger partial charge in [-0.05, 0) is 38.5 Å². The van der Waals surface area contributed by atoms with E-state index in [1.807, 2.05) is 0 Å². The normalized spacial score (nSPS) is 30.5. The molecule has 1 rings (SSSR count). The smallest absolute Gasteiger partial charge is 0.0317 e. The van der Waals surface area contributed by atoms with Gasteiger partial charge in [0.15, 0.2) is 0 Å². The van der Waals surface area contributed by atoms with Gasteiger partial charge in [-0.15, -0.1) is 0 Å². The van der Waals surface area contributed by atoms with Crippen LogP contribution in [0.1, 0.15) is 46.5 Å². The van der Waals surface area contributed by atoms with Gasteiger partial charge >= 0.3 is 0 Å². The Labute approximate surface area is 70.7 Å². The van der Waals surface area contributed by atoms with Gasteiger partial charge in [0.05, 0.1) is 0 Å². The number of hydrogen-bond acceptors (Lipinski definition) is 0. The van der Waals surface area contributed by atoms with Crippen LogP contribution in [0.15, 0.2) is 11.6 Å². The molecule has 11 heavy (non-hydrogen) atoms. The van der Waals surface area contributed by atoms with Crippen LogP contribution in [0, 0.1) is 11.8 Å². The molecule has 64 valence electrons. The van der Waals surface area contributed by atoms with Crippen LogP contribution in [0.3, 0.4) is 0 Å². The highest BCUT2D eigenvalue weighted by molar-refractivity contribution is 4.95. The van der Waals surface area contributed by atoms with Gasteiger partial charge in [0.2, 0.25) is 0 Å². The van der Waals surface area contributed by atoms with Crippen molar-refractivity contribution >= 4 is 0 Å². The van der Waals surface area contributed by atoms with E-state index in [1.165, 1.54) is 31.3 Å². The van der Waals surface area contributed by atoms with E-state index in [-0.39, 0.29) is 0 Å². The van der Waals surface area contributed by atoms with Gasteiger partial charge in [-0.25, -0.2) is 0 Å². The van der Waals surface area contributed by atoms with Crippen LogP contribution in [0.25, 0.3) is 0 Å². The highest BCUT2D eigenvalue weighted by Crippen LogP contribution is 2.33. The third-order valence-electron chi connectivity index (χ3n) is 2.87. The summed E-state index contributed by atoms with van der Waals surface area (Å²) in [5.74, 6) is 1.97. The van der Waals surface area contributed by atoms with Crippen LogP contribution < -0.4 is 0 Å². The zero-order valence-electron chi connectivity index (χ0n) is 8.06. The second-order valence-electron chi connectivity index (χ2n) is 4.19. The molecular formula is C11H20. The molecule has 1 aliphatic rings. The molecular weight excluding hydrogens is 132 g/mol. The van der Waals surface area contributed by atoms with E-state index in [9.17, 15) is 0 Å². The van der Waals surface area contributed by atoms with E-state index in [0.29, 0.717) is 0 Å². The molecule has 1 fully saturated rings. The fraction of sp³-hybridized carbons (Fsp3) is 0.818. The first-order chi connectivity index (χ1) is 5.20. The number of rotatable bonds is 2. The Morgan fingerprint density at radius 2 is 2.09 bits per heavy atom. The monoisotopic (exact) mass is 152 g/mol. The van der Waals surface area contributed by atoms with Crippen molar-refractivity contribution in [2.24, 2.45) is 11.8 Å². The summed E-state index contributed by atoms with van der Waals surface area (Å²) in [4.78, 5) is 0. The summed E-state index contributed by atoms with van der Waals surface area (Å²) in [5.41, 5.74) is 1.48. The van der Waals surface area contributed by atoms with Crippen LogP contribution in [-0.4, -0.2) is 0 Å². The molecule has 0 nitrogen and oxygen atoms in total. The minimum atomic E-state index is 0.977. The summed E-state index contributed by atoms with van der Waals surface area (Å²) in [5, 5.41) is 0. The van der Waals surface area contributed by atoms with Crippen molar-refractivity contribution < 1.29 is 0 Å². The Kier molecular flexibility index (Phi) is 3.16. The maximum atomic E-state index is 2.40. The minimum absolute atomic E-state index is 0.977. The molecule has 0 amide bonds. The highest BCUT2D eigenvalue weighted by Gasteiger charge is 2.21. The largest absolute Gasteiger partial charge is 0.0856 e. The summed E-state index contributed by atoms with van der Waals surface area (Å²) in [7, 11) is 0. The molecule has 0 aliphatic heterocycles. The van der Waals surface area contributed by atoms with Crippen LogP contribution in [0.5, 0.6) is 0 Å². The fourth-order valence-corrected chi connectivity index (χ4v) is 1.96. The highest BCUT2D eigenvalue weighted by atomic mass is 14.3. The van der Waals surface area contributed by atoms with Crippen LogP contribution in [0.2, 0.25) is 0 Å². The lowest BCUT2D eigenvalue weighted by Crippen LogP contribution is -2.01. The lowest BCUT2D eigenvalue weighted by atomic mass is 9.94. The average molecular weight is 152 g/mol. The topological polar surface area (TPSA) is 0 Å². The van der Waals surface area contributed by atoms with E-state index in [1.54, 1.807) is 0 Å². The lowest BCUT2D eigenvalue weighted by molar-refractivity contribution is 0.423. The minimum Gasteiger partial charge on any atom is -0.0856 e. The Morgan fingerprint density at radius 1 is 1.36 bits per heavy atom. The SMILES string of the molecule is CC(C)=CCC1CCCC1C. The van der Waals surface area contributed by atoms with Crippen molar-refractivity contribution in [3.63, 3.8) is 0 Å². The van der Waals surface area contributed by atoms with Crippen molar-refractivity contribution in [2.45, 2.75) is 46.5 Å². The van der Waals surface area contributed by atoms with E-state index in [2.05, 4.69) is 26.8 Å². The molecule has 0 aromatic rings. The molecule has 0 N–H and O–H groups in total. The molecule has 1 aliphatic carbocycles. The van der Waals surface area contributed by atoms with Gasteiger partial charge in [-0.1, -0.05) is 31.4 Å². The maximum Gasteiger partial charge on any atom is -0.0317 e. The van der Waals surface area contributed by atoms with Crippen molar-refractivity contribution in [1.29, 1.82) is 0 Å². The number of hydrogen-bond donors (Lipinski definition) is 0. The summed E-state index contributed by atoms with van der Waals surface area (Å²) >= 11 is 0. The summed E-state index contributed by atoms with van der Waals surface area (Å²) < 4.78 is 0. The molecule has 0 heteroatoms. The second kappa shape index (κ2) is 3.94. The predicted molar refractivity (Wildman–Crippen MR) is 50.6 cm³/mol. The van der Waals surface area contributed by atoms with E-state index >= 15 is 0 Å². The van der Waals surface area contributed by atoms with Crippen molar-refractivity contribution in [2.75, 3.05) is 0 Å². The third kappa shape index (κ3) is 2.69. The second-order valence-corrected chi connectivity index (χ2v) is 4.19. The van der Waals surface area contributed by atoms with E-state index < -0.39 is 0 Å². The molecule has 0 radical (unpaired) electrons. The molecule has 0 saturated heterocycles. The Bertz CT molecular complexity index is 140. The zero-order valence-corrected chi connectivity index (χ0v) is 8.06. The van der Waals surface area contributed by atoms with Gasteiger partial charge in [0.1, 0.15) is 0 Å². The summed E-state index contributed by atoms with van der Waals surface area (Å²) in [6.45, 7) is 6.79. The molecule has 1 saturated carbocycles. The van der Waals surface area contributed by atoms with Gasteiger partial charge in [0, 0.05) is 0 Å². The van der Waals surface area contributed by atoms with Crippen LogP contribution in [-0.2, 0) is 0 Å². The zero-order chi connectivity index (χ0) is 8.27. The quantitative estimate of drug-likeness (QED) is 0.528. The first-order valence-electron chi connectivity index (χ1n) is 4.83.